The molecule has 1 nitrogen and oxygen atoms in total. The molecule has 1 atom stereocenters. The second-order valence-electron chi connectivity index (χ2n) is 2.13. The molecule has 0 fully saturated rings. The Hall–Kier alpha value is -0.720. The summed E-state index contributed by atoms with van der Waals surface area (Å²) in [6.07, 6.45) is -5.05. The van der Waals surface area contributed by atoms with Crippen LogP contribution < -0.4 is 0 Å². The Morgan fingerprint density at radius 1 is 1.50 bits per heavy atom. The van der Waals surface area contributed by atoms with Gasteiger partial charge in [0, 0.05) is 13.3 Å². The highest BCUT2D eigenvalue weighted by molar-refractivity contribution is 4.73. The summed E-state index contributed by atoms with van der Waals surface area (Å²) in [7, 11) is 0. The Bertz CT molecular complexity index is 133. The van der Waals surface area contributed by atoms with Crippen LogP contribution >= 0.6 is 0 Å². The summed E-state index contributed by atoms with van der Waals surface area (Å²) in [5.74, 6) is 0. The Labute approximate surface area is 57.7 Å². The number of hydrogen-bond donors (Lipinski definition) is 0. The van der Waals surface area contributed by atoms with Gasteiger partial charge in [0.2, 0.25) is 6.04 Å². The second kappa shape index (κ2) is 3.45. The predicted molar refractivity (Wildman–Crippen MR) is 31.4 cm³/mol. The summed E-state index contributed by atoms with van der Waals surface area (Å²) in [6.45, 7) is 7.86. The van der Waals surface area contributed by atoms with Crippen LogP contribution in [0.1, 0.15) is 19.8 Å². The first-order valence-corrected chi connectivity index (χ1v) is 2.89. The highest BCUT2D eigenvalue weighted by Gasteiger charge is 2.28. The van der Waals surface area contributed by atoms with Crippen molar-refractivity contribution in [1.82, 2.24) is 0 Å². The molecule has 58 valence electrons. The molecule has 0 aromatic rings. The molecule has 0 rings (SSSR count). The van der Waals surface area contributed by atoms with Gasteiger partial charge in [0.1, 0.15) is 0 Å². The SMILES string of the molecule is [C-]#[N+]C(C)CCC(F)(F)F. The van der Waals surface area contributed by atoms with Gasteiger partial charge in [0.25, 0.3) is 0 Å². The fourth-order valence-electron chi connectivity index (χ4n) is 0.437. The van der Waals surface area contributed by atoms with Crippen LogP contribution in [0.15, 0.2) is 0 Å². The lowest BCUT2D eigenvalue weighted by Crippen LogP contribution is -2.09. The maximum Gasteiger partial charge on any atom is 0.389 e. The van der Waals surface area contributed by atoms with Crippen LogP contribution in [0.2, 0.25) is 0 Å². The quantitative estimate of drug-likeness (QED) is 0.534. The molecule has 0 aliphatic carbocycles. The van der Waals surface area contributed by atoms with E-state index in [-0.39, 0.29) is 6.42 Å². The number of rotatable bonds is 2. The molecule has 0 aliphatic rings. The number of hydrogen-bond acceptors (Lipinski definition) is 0. The average Bonchev–Trinajstić information content (AvgIpc) is 1.81. The summed E-state index contributed by atoms with van der Waals surface area (Å²) in [6, 6.07) is -0.512. The molecule has 0 aromatic carbocycles. The van der Waals surface area contributed by atoms with E-state index in [1.54, 1.807) is 0 Å². The van der Waals surface area contributed by atoms with E-state index in [0.29, 0.717) is 0 Å². The highest BCUT2D eigenvalue weighted by Crippen LogP contribution is 2.22. The summed E-state index contributed by atoms with van der Waals surface area (Å²) >= 11 is 0. The standard InChI is InChI=1S/C6H8F3N/c1-5(10-2)3-4-6(7,8)9/h5H,3-4H2,1H3. The molecule has 0 spiro atoms. The molecular formula is C6H8F3N. The minimum absolute atomic E-state index is 0.0903. The van der Waals surface area contributed by atoms with Gasteiger partial charge in [-0.25, -0.2) is 6.57 Å². The van der Waals surface area contributed by atoms with Gasteiger partial charge < -0.3 is 4.85 Å². The Morgan fingerprint density at radius 2 is 2.00 bits per heavy atom. The molecule has 1 unspecified atom stereocenters. The van der Waals surface area contributed by atoms with Crippen molar-refractivity contribution in [3.8, 4) is 0 Å². The molecule has 0 radical (unpaired) electrons. The zero-order valence-electron chi connectivity index (χ0n) is 5.57. The average molecular weight is 151 g/mol. The molecule has 0 amide bonds. The van der Waals surface area contributed by atoms with E-state index in [2.05, 4.69) is 4.85 Å². The van der Waals surface area contributed by atoms with E-state index in [0.717, 1.165) is 0 Å². The fraction of sp³-hybridized carbons (Fsp3) is 0.833. The normalized spacial score (nSPS) is 14.3. The number of halogens is 3. The predicted octanol–water partition coefficient (Wildman–Crippen LogP) is 2.64. The van der Waals surface area contributed by atoms with Crippen molar-refractivity contribution in [2.75, 3.05) is 0 Å². The van der Waals surface area contributed by atoms with Crippen molar-refractivity contribution in [2.24, 2.45) is 0 Å². The van der Waals surface area contributed by atoms with Gasteiger partial charge >= 0.3 is 6.18 Å². The zero-order chi connectivity index (χ0) is 8.20. The lowest BCUT2D eigenvalue weighted by Gasteiger charge is -2.03. The summed E-state index contributed by atoms with van der Waals surface area (Å²) in [5.41, 5.74) is 0. The third kappa shape index (κ3) is 5.42. The van der Waals surface area contributed by atoms with Crippen LogP contribution in [0.5, 0.6) is 0 Å². The largest absolute Gasteiger partial charge is 0.389 e. The van der Waals surface area contributed by atoms with Gasteiger partial charge in [-0.1, -0.05) is 0 Å². The van der Waals surface area contributed by atoms with Gasteiger partial charge in [0.05, 0.1) is 6.42 Å². The lowest BCUT2D eigenvalue weighted by atomic mass is 10.2. The number of nitrogens with zero attached hydrogens (tertiary/aromatic N) is 1. The van der Waals surface area contributed by atoms with E-state index in [1.807, 2.05) is 0 Å². The first-order valence-electron chi connectivity index (χ1n) is 2.89. The smallest absolute Gasteiger partial charge is 0.314 e. The van der Waals surface area contributed by atoms with E-state index in [9.17, 15) is 13.2 Å². The number of alkyl halides is 3. The topological polar surface area (TPSA) is 4.36 Å². The van der Waals surface area contributed by atoms with Crippen LogP contribution in [0, 0.1) is 6.57 Å². The van der Waals surface area contributed by atoms with Crippen LogP contribution in [0.3, 0.4) is 0 Å². The van der Waals surface area contributed by atoms with Crippen molar-refractivity contribution < 1.29 is 13.2 Å². The highest BCUT2D eigenvalue weighted by atomic mass is 19.4. The Kier molecular flexibility index (Phi) is 3.20. The molecule has 0 aliphatic heterocycles. The maximum absolute atomic E-state index is 11.4. The third-order valence-electron chi connectivity index (χ3n) is 1.07. The fourth-order valence-corrected chi connectivity index (χ4v) is 0.437. The minimum atomic E-state index is -4.11. The van der Waals surface area contributed by atoms with E-state index in [4.69, 9.17) is 6.57 Å². The molecule has 0 saturated heterocycles. The zero-order valence-corrected chi connectivity index (χ0v) is 5.57. The summed E-state index contributed by atoms with van der Waals surface area (Å²) in [4.78, 5) is 2.94. The molecule has 4 heteroatoms. The monoisotopic (exact) mass is 151 g/mol. The minimum Gasteiger partial charge on any atom is -0.314 e. The lowest BCUT2D eigenvalue weighted by molar-refractivity contribution is -0.135. The summed E-state index contributed by atoms with van der Waals surface area (Å²) < 4.78 is 34.3. The second-order valence-corrected chi connectivity index (χ2v) is 2.13. The van der Waals surface area contributed by atoms with Gasteiger partial charge in [0.15, 0.2) is 0 Å². The van der Waals surface area contributed by atoms with E-state index >= 15 is 0 Å². The van der Waals surface area contributed by atoms with Crippen molar-refractivity contribution in [3.05, 3.63) is 11.4 Å². The molecule has 0 aromatic heterocycles. The van der Waals surface area contributed by atoms with Crippen LogP contribution in [-0.4, -0.2) is 12.2 Å². The summed E-state index contributed by atoms with van der Waals surface area (Å²) in [5, 5.41) is 0. The Balaban J connectivity index is 3.48. The maximum atomic E-state index is 11.4. The van der Waals surface area contributed by atoms with Crippen LogP contribution in [0.4, 0.5) is 13.2 Å². The first-order chi connectivity index (χ1) is 4.45. The van der Waals surface area contributed by atoms with Gasteiger partial charge in [-0.15, -0.1) is 0 Å². The molecular weight excluding hydrogens is 143 g/mol. The molecule has 0 N–H and O–H groups in total. The third-order valence-corrected chi connectivity index (χ3v) is 1.07. The molecule has 0 saturated carbocycles. The van der Waals surface area contributed by atoms with E-state index < -0.39 is 18.6 Å². The van der Waals surface area contributed by atoms with Crippen molar-refractivity contribution >= 4 is 0 Å². The molecule has 0 heterocycles. The van der Waals surface area contributed by atoms with Gasteiger partial charge in [-0.05, 0) is 0 Å². The van der Waals surface area contributed by atoms with Crippen molar-refractivity contribution in [1.29, 1.82) is 0 Å². The van der Waals surface area contributed by atoms with Gasteiger partial charge in [-0.2, -0.15) is 13.2 Å². The van der Waals surface area contributed by atoms with E-state index in [1.165, 1.54) is 6.92 Å². The first kappa shape index (κ1) is 9.28. The van der Waals surface area contributed by atoms with Crippen molar-refractivity contribution in [2.45, 2.75) is 32.0 Å². The van der Waals surface area contributed by atoms with Crippen LogP contribution in [-0.2, 0) is 0 Å². The molecule has 0 bridgehead atoms. The molecule has 10 heavy (non-hydrogen) atoms. The Morgan fingerprint density at radius 3 is 2.30 bits per heavy atom. The van der Waals surface area contributed by atoms with Crippen LogP contribution in [0.25, 0.3) is 4.85 Å². The van der Waals surface area contributed by atoms with Gasteiger partial charge in [-0.3, -0.25) is 0 Å². The van der Waals surface area contributed by atoms with Crippen molar-refractivity contribution in [3.63, 3.8) is 0 Å².